The molecule has 128 valence electrons. The highest BCUT2D eigenvalue weighted by atomic mass is 35.5. The van der Waals surface area contributed by atoms with Crippen LogP contribution in [0.3, 0.4) is 0 Å². The molecule has 7 heteroatoms. The fraction of sp³-hybridized carbons (Fsp3) is 0.389. The number of carbonyl (C=O) groups excluding carboxylic acids is 3. The Morgan fingerprint density at radius 3 is 2.16 bits per heavy atom. The predicted octanol–water partition coefficient (Wildman–Crippen LogP) is 2.69. The highest BCUT2D eigenvalue weighted by Gasteiger charge is 2.67. The van der Waals surface area contributed by atoms with Crippen molar-refractivity contribution in [2.75, 3.05) is 0 Å². The third-order valence-corrected chi connectivity index (χ3v) is 6.80. The molecule has 2 saturated carbocycles. The van der Waals surface area contributed by atoms with Gasteiger partial charge in [-0.1, -0.05) is 35.4 Å². The van der Waals surface area contributed by atoms with E-state index < -0.39 is 5.91 Å². The number of hydrogen-bond acceptors (Lipinski definition) is 3. The van der Waals surface area contributed by atoms with Gasteiger partial charge in [0.25, 0.3) is 17.7 Å². The van der Waals surface area contributed by atoms with Gasteiger partial charge in [0.05, 0.1) is 21.9 Å². The number of nitrogens with one attached hydrogen (secondary N) is 1. The van der Waals surface area contributed by atoms with Crippen molar-refractivity contribution in [3.05, 3.63) is 46.0 Å². The molecular formula is C18H14Cl2N2O3. The molecule has 6 atom stereocenters. The van der Waals surface area contributed by atoms with E-state index >= 15 is 0 Å². The minimum atomic E-state index is -0.552. The first kappa shape index (κ1) is 15.4. The van der Waals surface area contributed by atoms with Crippen molar-refractivity contribution >= 4 is 40.9 Å². The summed E-state index contributed by atoms with van der Waals surface area (Å²) >= 11 is 11.8. The van der Waals surface area contributed by atoms with Crippen LogP contribution in [0.4, 0.5) is 0 Å². The fourth-order valence-corrected chi connectivity index (χ4v) is 5.17. The summed E-state index contributed by atoms with van der Waals surface area (Å²) in [7, 11) is 0. The maximum Gasteiger partial charge on any atom is 0.270 e. The summed E-state index contributed by atoms with van der Waals surface area (Å²) in [4.78, 5) is 38.0. The zero-order valence-electron chi connectivity index (χ0n) is 13.0. The number of imide groups is 1. The lowest BCUT2D eigenvalue weighted by Gasteiger charge is -2.37. The number of hydrogen-bond donors (Lipinski definition) is 1. The first-order valence-corrected chi connectivity index (χ1v) is 9.05. The van der Waals surface area contributed by atoms with Crippen LogP contribution in [0, 0.1) is 35.5 Å². The Morgan fingerprint density at radius 2 is 1.60 bits per heavy atom. The van der Waals surface area contributed by atoms with Gasteiger partial charge in [-0.05, 0) is 48.3 Å². The van der Waals surface area contributed by atoms with Gasteiger partial charge >= 0.3 is 0 Å². The summed E-state index contributed by atoms with van der Waals surface area (Å²) in [6.45, 7) is 0. The van der Waals surface area contributed by atoms with Crippen molar-refractivity contribution in [2.24, 2.45) is 35.5 Å². The smallest absolute Gasteiger partial charge is 0.270 e. The van der Waals surface area contributed by atoms with Gasteiger partial charge < -0.3 is 0 Å². The molecule has 3 fully saturated rings. The molecule has 1 saturated heterocycles. The van der Waals surface area contributed by atoms with Crippen molar-refractivity contribution in [3.63, 3.8) is 0 Å². The third kappa shape index (κ3) is 2.06. The molecule has 1 aliphatic heterocycles. The van der Waals surface area contributed by atoms with Crippen LogP contribution < -0.4 is 5.43 Å². The first-order chi connectivity index (χ1) is 12.0. The first-order valence-electron chi connectivity index (χ1n) is 8.29. The number of nitrogens with zero attached hydrogens (tertiary/aromatic N) is 1. The molecule has 0 spiro atoms. The average Bonchev–Trinajstić information content (AvgIpc) is 3.38. The van der Waals surface area contributed by atoms with Crippen molar-refractivity contribution in [1.29, 1.82) is 0 Å². The second-order valence-electron chi connectivity index (χ2n) is 7.24. The molecule has 1 aromatic carbocycles. The third-order valence-electron chi connectivity index (χ3n) is 6.06. The van der Waals surface area contributed by atoms with Crippen LogP contribution in [-0.4, -0.2) is 22.7 Å². The van der Waals surface area contributed by atoms with E-state index in [1.54, 1.807) is 0 Å². The molecular weight excluding hydrogens is 363 g/mol. The lowest BCUT2D eigenvalue weighted by Crippen LogP contribution is -2.46. The van der Waals surface area contributed by atoms with Crippen LogP contribution in [0.1, 0.15) is 16.8 Å². The van der Waals surface area contributed by atoms with E-state index in [0.29, 0.717) is 16.9 Å². The van der Waals surface area contributed by atoms with Crippen molar-refractivity contribution < 1.29 is 14.4 Å². The van der Waals surface area contributed by atoms with Gasteiger partial charge in [0.2, 0.25) is 0 Å². The summed E-state index contributed by atoms with van der Waals surface area (Å²) in [6, 6.07) is 4.42. The molecule has 0 aromatic heterocycles. The van der Waals surface area contributed by atoms with Crippen LogP contribution in [-0.2, 0) is 9.59 Å². The predicted molar refractivity (Wildman–Crippen MR) is 90.5 cm³/mol. The summed E-state index contributed by atoms with van der Waals surface area (Å²) < 4.78 is 0. The summed E-state index contributed by atoms with van der Waals surface area (Å²) in [6.07, 6.45) is 5.29. The molecule has 0 radical (unpaired) electrons. The number of rotatable bonds is 2. The number of carbonyl (C=O) groups is 3. The Bertz CT molecular complexity index is 832. The van der Waals surface area contributed by atoms with Gasteiger partial charge in [-0.25, -0.2) is 0 Å². The summed E-state index contributed by atoms with van der Waals surface area (Å²) in [5.41, 5.74) is 2.71. The topological polar surface area (TPSA) is 66.5 Å². The minimum Gasteiger partial charge on any atom is -0.272 e. The Hall–Kier alpha value is -1.85. The quantitative estimate of drug-likeness (QED) is 0.637. The zero-order valence-corrected chi connectivity index (χ0v) is 14.5. The number of halogens is 2. The molecule has 2 bridgehead atoms. The molecule has 1 heterocycles. The zero-order chi connectivity index (χ0) is 17.5. The van der Waals surface area contributed by atoms with Gasteiger partial charge in [0, 0.05) is 5.56 Å². The van der Waals surface area contributed by atoms with E-state index in [2.05, 4.69) is 17.6 Å². The van der Waals surface area contributed by atoms with Gasteiger partial charge in [-0.15, -0.1) is 0 Å². The highest BCUT2D eigenvalue weighted by molar-refractivity contribution is 6.42. The maximum absolute atomic E-state index is 12.8. The second-order valence-corrected chi connectivity index (χ2v) is 8.05. The largest absolute Gasteiger partial charge is 0.272 e. The van der Waals surface area contributed by atoms with E-state index in [-0.39, 0.29) is 46.1 Å². The maximum atomic E-state index is 12.8. The van der Waals surface area contributed by atoms with E-state index in [1.165, 1.54) is 18.2 Å². The summed E-state index contributed by atoms with van der Waals surface area (Å²) in [5.74, 6) is -0.504. The SMILES string of the molecule is O=C(NN1C(=O)[C@@H]2[C@@H]3C=C[C@H]([C@@H]4C[C@H]34)[C@@H]2C1=O)c1ccc(Cl)c(Cl)c1. The molecule has 25 heavy (non-hydrogen) atoms. The van der Waals surface area contributed by atoms with Crippen LogP contribution >= 0.6 is 23.2 Å². The second kappa shape index (κ2) is 5.08. The summed E-state index contributed by atoms with van der Waals surface area (Å²) in [5, 5.41) is 1.49. The van der Waals surface area contributed by atoms with E-state index in [1.807, 2.05) is 0 Å². The number of amides is 3. The van der Waals surface area contributed by atoms with Crippen molar-refractivity contribution in [1.82, 2.24) is 10.4 Å². The molecule has 6 rings (SSSR count). The molecule has 0 unspecified atom stereocenters. The number of allylic oxidation sites excluding steroid dienone is 2. The van der Waals surface area contributed by atoms with Crippen molar-refractivity contribution in [2.45, 2.75) is 6.42 Å². The molecule has 4 aliphatic carbocycles. The monoisotopic (exact) mass is 376 g/mol. The van der Waals surface area contributed by atoms with Gasteiger partial charge in [0.1, 0.15) is 0 Å². The average molecular weight is 377 g/mol. The molecule has 1 aromatic rings. The molecule has 5 aliphatic rings. The lowest BCUT2D eigenvalue weighted by atomic mass is 9.63. The van der Waals surface area contributed by atoms with Crippen LogP contribution in [0.15, 0.2) is 30.4 Å². The molecule has 1 N–H and O–H groups in total. The fourth-order valence-electron chi connectivity index (χ4n) is 4.87. The van der Waals surface area contributed by atoms with Crippen LogP contribution in [0.25, 0.3) is 0 Å². The Balaban J connectivity index is 1.40. The van der Waals surface area contributed by atoms with Crippen molar-refractivity contribution in [3.8, 4) is 0 Å². The standard InChI is InChI=1S/C18H14Cl2N2O3/c19-12-4-1-7(5-13(12)20)16(23)21-22-17(24)14-8-2-3-9(11-6-10(8)11)15(14)18(22)25/h1-5,8-11,14-15H,6H2,(H,21,23)/t8-,9-,10-,11+,14-,15+/m1/s1. The van der Waals surface area contributed by atoms with E-state index in [0.717, 1.165) is 11.4 Å². The Morgan fingerprint density at radius 1 is 1.00 bits per heavy atom. The highest BCUT2D eigenvalue weighted by Crippen LogP contribution is 2.65. The van der Waals surface area contributed by atoms with Gasteiger partial charge in [-0.3, -0.25) is 19.8 Å². The number of hydrazine groups is 1. The number of benzene rings is 1. The van der Waals surface area contributed by atoms with Crippen LogP contribution in [0.5, 0.6) is 0 Å². The van der Waals surface area contributed by atoms with Gasteiger partial charge in [0.15, 0.2) is 0 Å². The normalized spacial score (nSPS) is 37.1. The Labute approximate surface area is 153 Å². The van der Waals surface area contributed by atoms with Crippen LogP contribution in [0.2, 0.25) is 10.0 Å². The molecule has 3 amide bonds. The molecule has 5 nitrogen and oxygen atoms in total. The van der Waals surface area contributed by atoms with E-state index in [9.17, 15) is 14.4 Å². The lowest BCUT2D eigenvalue weighted by molar-refractivity contribution is -0.143. The van der Waals surface area contributed by atoms with Gasteiger partial charge in [-0.2, -0.15) is 5.01 Å². The van der Waals surface area contributed by atoms with E-state index in [4.69, 9.17) is 23.2 Å². The Kier molecular flexibility index (Phi) is 3.13. The minimum absolute atomic E-state index is 0.128.